The van der Waals surface area contributed by atoms with E-state index < -0.39 is 0 Å². The summed E-state index contributed by atoms with van der Waals surface area (Å²) in [6.07, 6.45) is 0. The second-order valence-electron chi connectivity index (χ2n) is 4.37. The summed E-state index contributed by atoms with van der Waals surface area (Å²) < 4.78 is 6.71. The molecular weight excluding hydrogens is 335 g/mol. The van der Waals surface area contributed by atoms with Gasteiger partial charge in [0.05, 0.1) is 28.9 Å². The molecule has 3 aromatic rings. The van der Waals surface area contributed by atoms with Crippen molar-refractivity contribution in [2.75, 3.05) is 7.11 Å². The highest BCUT2D eigenvalue weighted by Gasteiger charge is 2.16. The van der Waals surface area contributed by atoms with Gasteiger partial charge < -0.3 is 9.72 Å². The molecule has 2 aromatic carbocycles. The molecule has 0 radical (unpaired) electrons. The number of nitrogens with zero attached hydrogens (tertiary/aromatic N) is 1. The molecule has 1 N–H and O–H groups in total. The van der Waals surface area contributed by atoms with Crippen molar-refractivity contribution in [2.45, 2.75) is 0 Å². The number of fused-ring (bicyclic) bond motifs is 1. The molecule has 1 aromatic heterocycles. The summed E-state index contributed by atoms with van der Waals surface area (Å²) >= 11 is 18.2. The summed E-state index contributed by atoms with van der Waals surface area (Å²) in [5.74, 6) is 0.508. The van der Waals surface area contributed by atoms with Gasteiger partial charge in [-0.1, -0.05) is 34.8 Å². The average molecular weight is 344 g/mol. The molecule has 108 valence electrons. The summed E-state index contributed by atoms with van der Waals surface area (Å²) in [6, 6.07) is 8.22. The first-order chi connectivity index (χ1) is 10.0. The van der Waals surface area contributed by atoms with Gasteiger partial charge in [-0.25, -0.2) is 4.79 Å². The van der Waals surface area contributed by atoms with Gasteiger partial charge in [0, 0.05) is 10.0 Å². The van der Waals surface area contributed by atoms with E-state index in [1.54, 1.807) is 30.3 Å². The summed E-state index contributed by atoms with van der Waals surface area (Å²) in [7, 11) is 1.52. The first-order valence-corrected chi connectivity index (χ1v) is 7.08. The number of hydrogen-bond acceptors (Lipinski definition) is 2. The van der Waals surface area contributed by atoms with Crippen molar-refractivity contribution in [1.29, 1.82) is 0 Å². The van der Waals surface area contributed by atoms with Gasteiger partial charge in [-0.2, -0.15) is 0 Å². The Morgan fingerprint density at radius 2 is 1.86 bits per heavy atom. The SMILES string of the molecule is COc1ccc(Cl)cc1-n1c(=O)[nH]c2cc(Cl)cc(Cl)c21. The molecule has 0 aliphatic rings. The van der Waals surface area contributed by atoms with Crippen molar-refractivity contribution in [3.05, 3.63) is 55.9 Å². The number of aromatic amines is 1. The molecule has 0 aliphatic heterocycles. The Hall–Kier alpha value is -1.62. The van der Waals surface area contributed by atoms with Crippen LogP contribution in [0.15, 0.2) is 35.1 Å². The monoisotopic (exact) mass is 342 g/mol. The number of nitrogens with one attached hydrogen (secondary N) is 1. The molecule has 0 amide bonds. The molecule has 7 heteroatoms. The molecule has 0 saturated heterocycles. The Bertz CT molecular complexity index is 899. The number of halogens is 3. The van der Waals surface area contributed by atoms with Gasteiger partial charge in [-0.15, -0.1) is 0 Å². The number of benzene rings is 2. The van der Waals surface area contributed by atoms with Crippen LogP contribution in [0.3, 0.4) is 0 Å². The Kier molecular flexibility index (Phi) is 3.61. The molecular formula is C14H9Cl3N2O2. The lowest BCUT2D eigenvalue weighted by atomic mass is 10.2. The van der Waals surface area contributed by atoms with Crippen molar-refractivity contribution in [2.24, 2.45) is 0 Å². The Labute approximate surface area is 134 Å². The van der Waals surface area contributed by atoms with Crippen molar-refractivity contribution < 1.29 is 4.74 Å². The zero-order valence-electron chi connectivity index (χ0n) is 10.8. The minimum Gasteiger partial charge on any atom is -0.495 e. The van der Waals surface area contributed by atoms with Crippen molar-refractivity contribution in [3.8, 4) is 11.4 Å². The third-order valence-electron chi connectivity index (χ3n) is 3.08. The number of rotatable bonds is 2. The van der Waals surface area contributed by atoms with E-state index in [9.17, 15) is 4.79 Å². The molecule has 0 atom stereocenters. The van der Waals surface area contributed by atoms with Crippen LogP contribution < -0.4 is 10.4 Å². The number of hydrogen-bond donors (Lipinski definition) is 1. The molecule has 0 unspecified atom stereocenters. The Morgan fingerprint density at radius 1 is 1.10 bits per heavy atom. The fourth-order valence-corrected chi connectivity index (χ4v) is 2.97. The second-order valence-corrected chi connectivity index (χ2v) is 5.65. The summed E-state index contributed by atoms with van der Waals surface area (Å²) in [5, 5.41) is 1.29. The van der Waals surface area contributed by atoms with E-state index in [4.69, 9.17) is 39.5 Å². The fourth-order valence-electron chi connectivity index (χ4n) is 2.23. The van der Waals surface area contributed by atoms with E-state index in [0.29, 0.717) is 37.5 Å². The minimum atomic E-state index is -0.352. The van der Waals surface area contributed by atoms with Crippen LogP contribution in [0.1, 0.15) is 0 Å². The molecule has 1 heterocycles. The molecule has 0 bridgehead atoms. The van der Waals surface area contributed by atoms with Crippen molar-refractivity contribution in [3.63, 3.8) is 0 Å². The molecule has 0 spiro atoms. The van der Waals surface area contributed by atoms with Gasteiger partial charge in [-0.3, -0.25) is 4.57 Å². The smallest absolute Gasteiger partial charge is 0.331 e. The van der Waals surface area contributed by atoms with E-state index >= 15 is 0 Å². The number of aromatic nitrogens is 2. The summed E-state index contributed by atoms with van der Waals surface area (Å²) in [4.78, 5) is 15.0. The van der Waals surface area contributed by atoms with Gasteiger partial charge in [0.2, 0.25) is 0 Å². The quantitative estimate of drug-likeness (QED) is 0.754. The molecule has 4 nitrogen and oxygen atoms in total. The van der Waals surface area contributed by atoms with Gasteiger partial charge in [0.1, 0.15) is 5.75 Å². The van der Waals surface area contributed by atoms with Crippen LogP contribution in [0.25, 0.3) is 16.7 Å². The van der Waals surface area contributed by atoms with Crippen molar-refractivity contribution in [1.82, 2.24) is 9.55 Å². The zero-order chi connectivity index (χ0) is 15.1. The second kappa shape index (κ2) is 5.30. The molecule has 0 fully saturated rings. The minimum absolute atomic E-state index is 0.352. The largest absolute Gasteiger partial charge is 0.495 e. The Balaban J connectivity index is 2.43. The number of methoxy groups -OCH3 is 1. The third-order valence-corrected chi connectivity index (χ3v) is 3.82. The van der Waals surface area contributed by atoms with Gasteiger partial charge in [-0.05, 0) is 30.3 Å². The van der Waals surface area contributed by atoms with Crippen LogP contribution in [-0.4, -0.2) is 16.7 Å². The number of imidazole rings is 1. The predicted octanol–water partition coefficient (Wildman–Crippen LogP) is 4.29. The first-order valence-electron chi connectivity index (χ1n) is 5.95. The average Bonchev–Trinajstić information content (AvgIpc) is 2.74. The maximum Gasteiger partial charge on any atom is 0.331 e. The fraction of sp³-hybridized carbons (Fsp3) is 0.0714. The lowest BCUT2D eigenvalue weighted by Gasteiger charge is -2.10. The third kappa shape index (κ3) is 2.39. The van der Waals surface area contributed by atoms with Crippen LogP contribution in [0.4, 0.5) is 0 Å². The lowest BCUT2D eigenvalue weighted by Crippen LogP contribution is -2.15. The summed E-state index contributed by atoms with van der Waals surface area (Å²) in [5.41, 5.74) is 1.21. The summed E-state index contributed by atoms with van der Waals surface area (Å²) in [6.45, 7) is 0. The molecule has 21 heavy (non-hydrogen) atoms. The topological polar surface area (TPSA) is 47.0 Å². The van der Waals surface area contributed by atoms with Crippen LogP contribution in [0.2, 0.25) is 15.1 Å². The molecule has 3 rings (SSSR count). The van der Waals surface area contributed by atoms with E-state index in [1.807, 2.05) is 0 Å². The highest BCUT2D eigenvalue weighted by molar-refractivity contribution is 6.38. The van der Waals surface area contributed by atoms with Crippen LogP contribution in [0.5, 0.6) is 5.75 Å². The standard InChI is InChI=1S/C14H9Cl3N2O2/c1-21-12-3-2-7(15)6-11(12)19-13-9(17)4-8(16)5-10(13)18-14(19)20/h2-6H,1H3,(H,18,20). The van der Waals surface area contributed by atoms with Gasteiger partial charge in [0.25, 0.3) is 0 Å². The van der Waals surface area contributed by atoms with Crippen LogP contribution in [0, 0.1) is 0 Å². The zero-order valence-corrected chi connectivity index (χ0v) is 13.1. The van der Waals surface area contributed by atoms with E-state index in [0.717, 1.165) is 0 Å². The molecule has 0 saturated carbocycles. The van der Waals surface area contributed by atoms with Crippen LogP contribution >= 0.6 is 34.8 Å². The maximum absolute atomic E-state index is 12.3. The highest BCUT2D eigenvalue weighted by Crippen LogP contribution is 2.32. The van der Waals surface area contributed by atoms with E-state index in [-0.39, 0.29) is 5.69 Å². The highest BCUT2D eigenvalue weighted by atomic mass is 35.5. The number of H-pyrrole nitrogens is 1. The van der Waals surface area contributed by atoms with Crippen LogP contribution in [-0.2, 0) is 0 Å². The van der Waals surface area contributed by atoms with Gasteiger partial charge in [0.15, 0.2) is 0 Å². The number of ether oxygens (including phenoxy) is 1. The lowest BCUT2D eigenvalue weighted by molar-refractivity contribution is 0.413. The van der Waals surface area contributed by atoms with E-state index in [2.05, 4.69) is 4.98 Å². The van der Waals surface area contributed by atoms with Crippen molar-refractivity contribution >= 4 is 45.8 Å². The maximum atomic E-state index is 12.3. The predicted molar refractivity (Wildman–Crippen MR) is 85.5 cm³/mol. The van der Waals surface area contributed by atoms with Gasteiger partial charge >= 0.3 is 5.69 Å². The Morgan fingerprint density at radius 3 is 2.57 bits per heavy atom. The van der Waals surface area contributed by atoms with E-state index in [1.165, 1.54) is 11.7 Å². The first kappa shape index (κ1) is 14.3. The normalized spacial score (nSPS) is 11.0. The molecule has 0 aliphatic carbocycles.